The van der Waals surface area contributed by atoms with Gasteiger partial charge in [-0.25, -0.2) is 0 Å². The van der Waals surface area contributed by atoms with Gasteiger partial charge in [-0.2, -0.15) is 0 Å². The number of amides is 1. The normalized spacial score (nSPS) is 10.6. The van der Waals surface area contributed by atoms with Crippen LogP contribution in [0.15, 0.2) is 48.5 Å². The predicted octanol–water partition coefficient (Wildman–Crippen LogP) is 4.03. The molecule has 0 fully saturated rings. The number of aryl methyl sites for hydroxylation is 2. The summed E-state index contributed by atoms with van der Waals surface area (Å²) in [5.74, 6) is 0.933. The molecule has 2 rings (SSSR count). The maximum atomic E-state index is 11.9. The van der Waals surface area contributed by atoms with Crippen LogP contribution in [0, 0.1) is 6.92 Å². The van der Waals surface area contributed by atoms with Gasteiger partial charge >= 0.3 is 0 Å². The SMILES string of the molecule is Cc1ccc(CCC(=O)NCc2ccc(OC(C)C)cc2)cc1. The molecule has 0 unspecified atom stereocenters. The van der Waals surface area contributed by atoms with Gasteiger partial charge in [0, 0.05) is 13.0 Å². The highest BCUT2D eigenvalue weighted by Crippen LogP contribution is 2.13. The van der Waals surface area contributed by atoms with E-state index in [-0.39, 0.29) is 12.0 Å². The molecule has 0 heterocycles. The summed E-state index contributed by atoms with van der Waals surface area (Å²) >= 11 is 0. The molecule has 2 aromatic rings. The largest absolute Gasteiger partial charge is 0.491 e. The summed E-state index contributed by atoms with van der Waals surface area (Å²) in [6.07, 6.45) is 1.45. The van der Waals surface area contributed by atoms with E-state index in [9.17, 15) is 4.79 Å². The average molecular weight is 311 g/mol. The number of ether oxygens (including phenoxy) is 1. The van der Waals surface area contributed by atoms with Gasteiger partial charge in [-0.05, 0) is 50.5 Å². The number of rotatable bonds is 7. The van der Waals surface area contributed by atoms with Crippen molar-refractivity contribution in [2.45, 2.75) is 46.3 Å². The van der Waals surface area contributed by atoms with Crippen molar-refractivity contribution in [1.29, 1.82) is 0 Å². The maximum Gasteiger partial charge on any atom is 0.220 e. The Morgan fingerprint density at radius 1 is 1.00 bits per heavy atom. The van der Waals surface area contributed by atoms with Crippen molar-refractivity contribution < 1.29 is 9.53 Å². The average Bonchev–Trinajstić information content (AvgIpc) is 2.53. The first-order valence-electron chi connectivity index (χ1n) is 8.11. The lowest BCUT2D eigenvalue weighted by Gasteiger charge is -2.10. The molecular weight excluding hydrogens is 286 g/mol. The number of hydrogen-bond donors (Lipinski definition) is 1. The molecule has 0 spiro atoms. The number of hydrogen-bond acceptors (Lipinski definition) is 2. The molecule has 1 N–H and O–H groups in total. The van der Waals surface area contributed by atoms with Gasteiger partial charge in [-0.15, -0.1) is 0 Å². The zero-order valence-corrected chi connectivity index (χ0v) is 14.1. The third-order valence-electron chi connectivity index (χ3n) is 3.55. The van der Waals surface area contributed by atoms with E-state index in [2.05, 4.69) is 36.5 Å². The van der Waals surface area contributed by atoms with Crippen molar-refractivity contribution >= 4 is 5.91 Å². The van der Waals surface area contributed by atoms with Crippen molar-refractivity contribution in [1.82, 2.24) is 5.32 Å². The molecule has 0 bridgehead atoms. The molecule has 2 aromatic carbocycles. The summed E-state index contributed by atoms with van der Waals surface area (Å²) in [7, 11) is 0. The molecule has 0 aliphatic carbocycles. The molecule has 0 atom stereocenters. The maximum absolute atomic E-state index is 11.9. The van der Waals surface area contributed by atoms with E-state index in [0.717, 1.165) is 17.7 Å². The second-order valence-electron chi connectivity index (χ2n) is 6.07. The molecule has 3 nitrogen and oxygen atoms in total. The van der Waals surface area contributed by atoms with E-state index in [1.165, 1.54) is 11.1 Å². The minimum atomic E-state index is 0.0769. The lowest BCUT2D eigenvalue weighted by atomic mass is 10.1. The topological polar surface area (TPSA) is 38.3 Å². The van der Waals surface area contributed by atoms with Gasteiger partial charge in [0.15, 0.2) is 0 Å². The summed E-state index contributed by atoms with van der Waals surface area (Å²) < 4.78 is 5.60. The first-order valence-corrected chi connectivity index (χ1v) is 8.11. The summed E-state index contributed by atoms with van der Waals surface area (Å²) in [5.41, 5.74) is 3.51. The summed E-state index contributed by atoms with van der Waals surface area (Å²) in [6, 6.07) is 16.2. The van der Waals surface area contributed by atoms with Crippen LogP contribution in [0.25, 0.3) is 0 Å². The molecule has 122 valence electrons. The van der Waals surface area contributed by atoms with Crippen molar-refractivity contribution in [3.05, 3.63) is 65.2 Å². The Morgan fingerprint density at radius 3 is 2.22 bits per heavy atom. The fourth-order valence-corrected chi connectivity index (χ4v) is 2.26. The minimum Gasteiger partial charge on any atom is -0.491 e. The van der Waals surface area contributed by atoms with Gasteiger partial charge in [0.05, 0.1) is 6.10 Å². The highest BCUT2D eigenvalue weighted by Gasteiger charge is 2.03. The molecular formula is C20H25NO2. The van der Waals surface area contributed by atoms with Crippen LogP contribution in [0.4, 0.5) is 0 Å². The van der Waals surface area contributed by atoms with Gasteiger partial charge in [0.1, 0.15) is 5.75 Å². The number of carbonyl (C=O) groups excluding carboxylic acids is 1. The molecule has 0 saturated heterocycles. The van der Waals surface area contributed by atoms with Gasteiger partial charge < -0.3 is 10.1 Å². The molecule has 0 radical (unpaired) electrons. The number of carbonyl (C=O) groups is 1. The van der Waals surface area contributed by atoms with Gasteiger partial charge in [-0.3, -0.25) is 4.79 Å². The van der Waals surface area contributed by atoms with Gasteiger partial charge in [0.2, 0.25) is 5.91 Å². The second kappa shape index (κ2) is 8.37. The van der Waals surface area contributed by atoms with Crippen LogP contribution in [0.2, 0.25) is 0 Å². The Balaban J connectivity index is 1.74. The van der Waals surface area contributed by atoms with Crippen molar-refractivity contribution in [2.24, 2.45) is 0 Å². The van der Waals surface area contributed by atoms with Crippen LogP contribution < -0.4 is 10.1 Å². The first-order chi connectivity index (χ1) is 11.0. The van der Waals surface area contributed by atoms with E-state index in [1.54, 1.807) is 0 Å². The Bertz CT molecular complexity index is 615. The van der Waals surface area contributed by atoms with Gasteiger partial charge in [-0.1, -0.05) is 42.0 Å². The van der Waals surface area contributed by atoms with Crippen LogP contribution >= 0.6 is 0 Å². The van der Waals surface area contributed by atoms with Crippen LogP contribution in [0.5, 0.6) is 5.75 Å². The Labute approximate surface area is 138 Å². The van der Waals surface area contributed by atoms with Crippen molar-refractivity contribution in [2.75, 3.05) is 0 Å². The summed E-state index contributed by atoms with van der Waals surface area (Å²) in [4.78, 5) is 11.9. The molecule has 0 aromatic heterocycles. The smallest absolute Gasteiger partial charge is 0.220 e. The molecule has 0 aliphatic rings. The summed E-state index contributed by atoms with van der Waals surface area (Å²) in [5, 5.41) is 2.96. The number of nitrogens with one attached hydrogen (secondary N) is 1. The lowest BCUT2D eigenvalue weighted by Crippen LogP contribution is -2.22. The monoisotopic (exact) mass is 311 g/mol. The number of benzene rings is 2. The van der Waals surface area contributed by atoms with E-state index >= 15 is 0 Å². The molecule has 3 heteroatoms. The quantitative estimate of drug-likeness (QED) is 0.838. The van der Waals surface area contributed by atoms with Crippen LogP contribution in [0.3, 0.4) is 0 Å². The van der Waals surface area contributed by atoms with Crippen LogP contribution in [-0.4, -0.2) is 12.0 Å². The van der Waals surface area contributed by atoms with Crippen molar-refractivity contribution in [3.63, 3.8) is 0 Å². The zero-order chi connectivity index (χ0) is 16.7. The Hall–Kier alpha value is -2.29. The van der Waals surface area contributed by atoms with E-state index in [4.69, 9.17) is 4.74 Å². The highest BCUT2D eigenvalue weighted by molar-refractivity contribution is 5.76. The van der Waals surface area contributed by atoms with Gasteiger partial charge in [0.25, 0.3) is 0 Å². The molecule has 0 aliphatic heterocycles. The van der Waals surface area contributed by atoms with E-state index in [1.807, 2.05) is 38.1 Å². The van der Waals surface area contributed by atoms with Crippen molar-refractivity contribution in [3.8, 4) is 5.75 Å². The molecule has 0 saturated carbocycles. The minimum absolute atomic E-state index is 0.0769. The van der Waals surface area contributed by atoms with Crippen LogP contribution in [0.1, 0.15) is 37.0 Å². The lowest BCUT2D eigenvalue weighted by molar-refractivity contribution is -0.121. The third-order valence-corrected chi connectivity index (χ3v) is 3.55. The molecule has 1 amide bonds. The fraction of sp³-hybridized carbons (Fsp3) is 0.350. The standard InChI is InChI=1S/C20H25NO2/c1-15(2)23-19-11-8-18(9-12-19)14-21-20(22)13-10-17-6-4-16(3)5-7-17/h4-9,11-12,15H,10,13-14H2,1-3H3,(H,21,22). The zero-order valence-electron chi connectivity index (χ0n) is 14.1. The van der Waals surface area contributed by atoms with Crippen LogP contribution in [-0.2, 0) is 17.8 Å². The van der Waals surface area contributed by atoms with E-state index in [0.29, 0.717) is 13.0 Å². The fourth-order valence-electron chi connectivity index (χ4n) is 2.26. The third kappa shape index (κ3) is 6.15. The highest BCUT2D eigenvalue weighted by atomic mass is 16.5. The summed E-state index contributed by atoms with van der Waals surface area (Å²) in [6.45, 7) is 6.62. The Morgan fingerprint density at radius 2 is 1.61 bits per heavy atom. The van der Waals surface area contributed by atoms with E-state index < -0.39 is 0 Å². The second-order valence-corrected chi connectivity index (χ2v) is 6.07. The Kier molecular flexibility index (Phi) is 6.21. The molecule has 23 heavy (non-hydrogen) atoms. The first kappa shape index (κ1) is 17.1. The predicted molar refractivity (Wildman–Crippen MR) is 93.6 cm³/mol.